The van der Waals surface area contributed by atoms with Crippen LogP contribution in [0.5, 0.6) is 0 Å². The second-order valence-corrected chi connectivity index (χ2v) is 5.63. The number of rotatable bonds is 7. The first-order valence-corrected chi connectivity index (χ1v) is 7.52. The maximum Gasteiger partial charge on any atom is 0.242 e. The van der Waals surface area contributed by atoms with Gasteiger partial charge in [0.25, 0.3) is 0 Å². The third kappa shape index (κ3) is 4.62. The first-order chi connectivity index (χ1) is 9.01. The lowest BCUT2D eigenvalue weighted by molar-refractivity contribution is -0.116. The van der Waals surface area contributed by atoms with Crippen molar-refractivity contribution in [3.8, 4) is 0 Å². The number of sulfonamides is 1. The van der Waals surface area contributed by atoms with Gasteiger partial charge in [-0.3, -0.25) is 4.79 Å². The summed E-state index contributed by atoms with van der Waals surface area (Å²) < 4.78 is 26.4. The van der Waals surface area contributed by atoms with Crippen molar-refractivity contribution in [1.29, 1.82) is 0 Å². The summed E-state index contributed by atoms with van der Waals surface area (Å²) in [5.41, 5.74) is 0.296. The zero-order valence-corrected chi connectivity index (χ0v) is 11.9. The molecule has 0 spiro atoms. The van der Waals surface area contributed by atoms with Gasteiger partial charge in [0.05, 0.1) is 5.69 Å². The quantitative estimate of drug-likeness (QED) is 0.682. The fourth-order valence-corrected chi connectivity index (χ4v) is 2.73. The van der Waals surface area contributed by atoms with Gasteiger partial charge in [-0.05, 0) is 19.2 Å². The molecule has 0 radical (unpaired) electrons. The highest BCUT2D eigenvalue weighted by atomic mass is 32.2. The zero-order valence-electron chi connectivity index (χ0n) is 11.1. The predicted octanol–water partition coefficient (Wildman–Crippen LogP) is 0.533. The van der Waals surface area contributed by atoms with Crippen molar-refractivity contribution in [3.05, 3.63) is 24.3 Å². The summed E-state index contributed by atoms with van der Waals surface area (Å²) in [5, 5.41) is 5.47. The van der Waals surface area contributed by atoms with Crippen molar-refractivity contribution in [2.24, 2.45) is 0 Å². The number of hydrogen-bond acceptors (Lipinski definition) is 4. The highest BCUT2D eigenvalue weighted by molar-refractivity contribution is 7.89. The third-order valence-electron chi connectivity index (χ3n) is 2.39. The summed E-state index contributed by atoms with van der Waals surface area (Å²) >= 11 is 0. The van der Waals surface area contributed by atoms with Gasteiger partial charge < -0.3 is 10.6 Å². The molecule has 1 aromatic carbocycles. The van der Waals surface area contributed by atoms with E-state index in [2.05, 4.69) is 15.4 Å². The normalized spacial score (nSPS) is 11.3. The Labute approximate surface area is 113 Å². The Hall–Kier alpha value is -1.44. The van der Waals surface area contributed by atoms with Gasteiger partial charge >= 0.3 is 0 Å². The maximum absolute atomic E-state index is 12.0. The van der Waals surface area contributed by atoms with E-state index in [1.165, 1.54) is 6.07 Å². The second kappa shape index (κ2) is 7.22. The average Bonchev–Trinajstić information content (AvgIpc) is 2.36. The van der Waals surface area contributed by atoms with Crippen LogP contribution in [0.15, 0.2) is 29.2 Å². The highest BCUT2D eigenvalue weighted by Gasteiger charge is 2.18. The molecule has 7 heteroatoms. The van der Waals surface area contributed by atoms with Crippen LogP contribution in [0.2, 0.25) is 0 Å². The summed E-state index contributed by atoms with van der Waals surface area (Å²) in [6.07, 6.45) is 0.284. The van der Waals surface area contributed by atoms with Gasteiger partial charge in [-0.25, -0.2) is 13.1 Å². The van der Waals surface area contributed by atoms with Gasteiger partial charge in [0.1, 0.15) is 4.90 Å². The molecule has 0 atom stereocenters. The molecule has 0 aliphatic heterocycles. The number of hydrogen-bond donors (Lipinski definition) is 3. The van der Waals surface area contributed by atoms with E-state index in [0.717, 1.165) is 0 Å². The minimum absolute atomic E-state index is 0.0784. The Morgan fingerprint density at radius 1 is 1.26 bits per heavy atom. The predicted molar refractivity (Wildman–Crippen MR) is 74.5 cm³/mol. The smallest absolute Gasteiger partial charge is 0.242 e. The molecule has 1 aromatic rings. The Morgan fingerprint density at radius 2 is 1.95 bits per heavy atom. The number of benzene rings is 1. The zero-order chi connectivity index (χ0) is 14.3. The van der Waals surface area contributed by atoms with Crippen molar-refractivity contribution >= 4 is 21.6 Å². The summed E-state index contributed by atoms with van der Waals surface area (Å²) in [4.78, 5) is 11.7. The van der Waals surface area contributed by atoms with Crippen molar-refractivity contribution in [2.45, 2.75) is 18.2 Å². The van der Waals surface area contributed by atoms with E-state index < -0.39 is 10.0 Å². The Morgan fingerprint density at radius 3 is 2.58 bits per heavy atom. The van der Waals surface area contributed by atoms with E-state index in [-0.39, 0.29) is 17.2 Å². The van der Waals surface area contributed by atoms with Crippen LogP contribution >= 0.6 is 0 Å². The summed E-state index contributed by atoms with van der Waals surface area (Å²) in [6.45, 7) is 2.53. The van der Waals surface area contributed by atoms with Crippen molar-refractivity contribution in [1.82, 2.24) is 10.0 Å². The minimum Gasteiger partial charge on any atom is -0.325 e. The van der Waals surface area contributed by atoms with Crippen molar-refractivity contribution in [3.63, 3.8) is 0 Å². The molecule has 0 aliphatic carbocycles. The average molecular weight is 285 g/mol. The van der Waals surface area contributed by atoms with Gasteiger partial charge in [-0.1, -0.05) is 19.1 Å². The molecular formula is C12H19N3O3S. The topological polar surface area (TPSA) is 87.3 Å². The Balaban J connectivity index is 2.94. The van der Waals surface area contributed by atoms with Crippen LogP contribution in [0.3, 0.4) is 0 Å². The molecule has 0 aliphatic rings. The molecule has 0 saturated heterocycles. The second-order valence-electron chi connectivity index (χ2n) is 3.90. The maximum atomic E-state index is 12.0. The first kappa shape index (κ1) is 15.6. The standard InChI is InChI=1S/C12H19N3O3S/c1-3-14-19(17,18)11-7-5-4-6-10(11)15-12(16)8-9-13-2/h4-7,13-14H,3,8-9H2,1-2H3,(H,15,16). The van der Waals surface area contributed by atoms with Gasteiger partial charge in [0, 0.05) is 19.5 Å². The van der Waals surface area contributed by atoms with Gasteiger partial charge in [-0.2, -0.15) is 0 Å². The van der Waals surface area contributed by atoms with Crippen LogP contribution in [0.25, 0.3) is 0 Å². The van der Waals surface area contributed by atoms with Crippen LogP contribution in [0, 0.1) is 0 Å². The van der Waals surface area contributed by atoms with E-state index >= 15 is 0 Å². The fourth-order valence-electron chi connectivity index (χ4n) is 1.52. The SMILES string of the molecule is CCNS(=O)(=O)c1ccccc1NC(=O)CCNC. The van der Waals surface area contributed by atoms with Crippen LogP contribution in [0.1, 0.15) is 13.3 Å². The lowest BCUT2D eigenvalue weighted by atomic mass is 10.3. The minimum atomic E-state index is -3.59. The van der Waals surface area contributed by atoms with Crippen LogP contribution in [0.4, 0.5) is 5.69 Å². The molecule has 0 fully saturated rings. The molecule has 0 unspecified atom stereocenters. The Kier molecular flexibility index (Phi) is 5.94. The van der Waals surface area contributed by atoms with Crippen LogP contribution in [-0.2, 0) is 14.8 Å². The van der Waals surface area contributed by atoms with Gasteiger partial charge in [0.2, 0.25) is 15.9 Å². The molecule has 0 saturated carbocycles. The molecule has 19 heavy (non-hydrogen) atoms. The van der Waals surface area contributed by atoms with Crippen LogP contribution < -0.4 is 15.4 Å². The van der Waals surface area contributed by atoms with E-state index in [4.69, 9.17) is 0 Å². The summed E-state index contributed by atoms with van der Waals surface area (Å²) in [5.74, 6) is -0.228. The largest absolute Gasteiger partial charge is 0.325 e. The molecule has 1 amide bonds. The van der Waals surface area contributed by atoms with Gasteiger partial charge in [0.15, 0.2) is 0 Å². The summed E-state index contributed by atoms with van der Waals surface area (Å²) in [7, 11) is -1.84. The van der Waals surface area contributed by atoms with E-state index in [0.29, 0.717) is 18.8 Å². The molecule has 1 rings (SSSR count). The van der Waals surface area contributed by atoms with Gasteiger partial charge in [-0.15, -0.1) is 0 Å². The summed E-state index contributed by atoms with van der Waals surface area (Å²) in [6, 6.07) is 6.33. The first-order valence-electron chi connectivity index (χ1n) is 6.04. The molecule has 0 bridgehead atoms. The number of carbonyl (C=O) groups excluding carboxylic acids is 1. The lowest BCUT2D eigenvalue weighted by Crippen LogP contribution is -2.25. The lowest BCUT2D eigenvalue weighted by Gasteiger charge is -2.11. The molecule has 0 heterocycles. The third-order valence-corrected chi connectivity index (χ3v) is 3.99. The molecule has 6 nitrogen and oxygen atoms in total. The van der Waals surface area contributed by atoms with E-state index in [9.17, 15) is 13.2 Å². The number of amides is 1. The van der Waals surface area contributed by atoms with Crippen LogP contribution in [-0.4, -0.2) is 34.5 Å². The molecule has 3 N–H and O–H groups in total. The fraction of sp³-hybridized carbons (Fsp3) is 0.417. The highest BCUT2D eigenvalue weighted by Crippen LogP contribution is 2.20. The molecule has 0 aromatic heterocycles. The molecular weight excluding hydrogens is 266 g/mol. The van der Waals surface area contributed by atoms with E-state index in [1.54, 1.807) is 32.2 Å². The number of nitrogens with one attached hydrogen (secondary N) is 3. The monoisotopic (exact) mass is 285 g/mol. The number of carbonyl (C=O) groups is 1. The number of anilines is 1. The van der Waals surface area contributed by atoms with Crippen molar-refractivity contribution in [2.75, 3.05) is 25.5 Å². The van der Waals surface area contributed by atoms with Crippen molar-refractivity contribution < 1.29 is 13.2 Å². The van der Waals surface area contributed by atoms with E-state index in [1.807, 2.05) is 0 Å². The molecule has 106 valence electrons. The Bertz CT molecular complexity index is 529. The number of para-hydroxylation sites is 1.